The third-order valence-corrected chi connectivity index (χ3v) is 2.92. The van der Waals surface area contributed by atoms with Crippen LogP contribution in [0.5, 0.6) is 5.75 Å². The summed E-state index contributed by atoms with van der Waals surface area (Å²) in [5, 5.41) is 3.27. The zero-order valence-electron chi connectivity index (χ0n) is 10.5. The maximum Gasteiger partial charge on any atom is 0.132 e. The van der Waals surface area contributed by atoms with Crippen molar-refractivity contribution in [3.8, 4) is 5.75 Å². The normalized spacial score (nSPS) is 13.8. The number of nitrogens with one attached hydrogen (secondary N) is 1. The second-order valence-electron chi connectivity index (χ2n) is 4.26. The first-order valence-electron chi connectivity index (χ1n) is 6.34. The van der Waals surface area contributed by atoms with E-state index in [1.165, 1.54) is 0 Å². The lowest BCUT2D eigenvalue weighted by atomic mass is 10.2. The highest BCUT2D eigenvalue weighted by Gasteiger charge is 2.13. The zero-order valence-corrected chi connectivity index (χ0v) is 10.5. The zero-order chi connectivity index (χ0) is 12.9. The highest BCUT2D eigenvalue weighted by Crippen LogP contribution is 2.20. The van der Waals surface area contributed by atoms with E-state index in [2.05, 4.69) is 15.3 Å². The first-order chi connectivity index (χ1) is 9.43. The summed E-state index contributed by atoms with van der Waals surface area (Å²) in [4.78, 5) is 8.68. The number of benzene rings is 1. The lowest BCUT2D eigenvalue weighted by Gasteiger charge is -2.11. The Morgan fingerprint density at radius 3 is 2.79 bits per heavy atom. The first kappa shape index (κ1) is 11.7. The summed E-state index contributed by atoms with van der Waals surface area (Å²) in [6, 6.07) is 13.7. The van der Waals surface area contributed by atoms with Crippen LogP contribution in [0.2, 0.25) is 0 Å². The Labute approximate surface area is 112 Å². The van der Waals surface area contributed by atoms with Gasteiger partial charge in [0.15, 0.2) is 0 Å². The number of ether oxygens (including phenoxy) is 1. The minimum atomic E-state index is 0.463. The molecule has 0 bridgehead atoms. The van der Waals surface area contributed by atoms with Gasteiger partial charge < -0.3 is 10.1 Å². The SMILES string of the molecule is c1ccc(COc2ccccc2C2=NCCN2)nc1. The van der Waals surface area contributed by atoms with Gasteiger partial charge in [0.1, 0.15) is 18.2 Å². The minimum Gasteiger partial charge on any atom is -0.487 e. The van der Waals surface area contributed by atoms with Crippen LogP contribution >= 0.6 is 0 Å². The van der Waals surface area contributed by atoms with E-state index in [1.54, 1.807) is 6.20 Å². The molecule has 1 aliphatic heterocycles. The molecule has 19 heavy (non-hydrogen) atoms. The van der Waals surface area contributed by atoms with Crippen molar-refractivity contribution in [1.82, 2.24) is 10.3 Å². The molecule has 0 saturated carbocycles. The smallest absolute Gasteiger partial charge is 0.132 e. The van der Waals surface area contributed by atoms with Crippen LogP contribution in [0.25, 0.3) is 0 Å². The Morgan fingerprint density at radius 2 is 2.00 bits per heavy atom. The second-order valence-corrected chi connectivity index (χ2v) is 4.26. The maximum atomic E-state index is 5.85. The summed E-state index contributed by atoms with van der Waals surface area (Å²) < 4.78 is 5.85. The standard InChI is InChI=1S/C15H15N3O/c1-2-7-14(13(6-1)15-17-9-10-18-15)19-11-12-5-3-4-8-16-12/h1-8H,9-11H2,(H,17,18). The van der Waals surface area contributed by atoms with Crippen LogP contribution in [0.4, 0.5) is 0 Å². The molecule has 4 heteroatoms. The molecule has 0 spiro atoms. The number of aliphatic imine (C=N–C) groups is 1. The third kappa shape index (κ3) is 2.73. The van der Waals surface area contributed by atoms with E-state index >= 15 is 0 Å². The van der Waals surface area contributed by atoms with E-state index in [0.717, 1.165) is 35.9 Å². The number of hydrogen-bond donors (Lipinski definition) is 1. The van der Waals surface area contributed by atoms with Crippen LogP contribution in [0.15, 0.2) is 53.7 Å². The molecular weight excluding hydrogens is 238 g/mol. The van der Waals surface area contributed by atoms with Gasteiger partial charge in [-0.3, -0.25) is 9.98 Å². The number of amidine groups is 1. The quantitative estimate of drug-likeness (QED) is 0.906. The van der Waals surface area contributed by atoms with Crippen molar-refractivity contribution in [1.29, 1.82) is 0 Å². The van der Waals surface area contributed by atoms with Crippen LogP contribution in [0, 0.1) is 0 Å². The molecule has 0 atom stereocenters. The largest absolute Gasteiger partial charge is 0.487 e. The van der Waals surface area contributed by atoms with Crippen LogP contribution in [0.1, 0.15) is 11.3 Å². The Bertz CT molecular complexity index is 581. The Hall–Kier alpha value is -2.36. The number of rotatable bonds is 4. The summed E-state index contributed by atoms with van der Waals surface area (Å²) in [5.74, 6) is 1.75. The Kier molecular flexibility index (Phi) is 3.40. The Morgan fingerprint density at radius 1 is 1.11 bits per heavy atom. The third-order valence-electron chi connectivity index (χ3n) is 2.92. The monoisotopic (exact) mass is 253 g/mol. The van der Waals surface area contributed by atoms with Gasteiger partial charge in [-0.2, -0.15) is 0 Å². The molecule has 4 nitrogen and oxygen atoms in total. The van der Waals surface area contributed by atoms with Crippen molar-refractivity contribution < 1.29 is 4.74 Å². The van der Waals surface area contributed by atoms with Crippen molar-refractivity contribution in [3.63, 3.8) is 0 Å². The van der Waals surface area contributed by atoms with Gasteiger partial charge in [0.05, 0.1) is 17.8 Å². The van der Waals surface area contributed by atoms with Gasteiger partial charge in [-0.05, 0) is 24.3 Å². The van der Waals surface area contributed by atoms with Crippen LogP contribution < -0.4 is 10.1 Å². The second kappa shape index (κ2) is 5.52. The molecule has 0 radical (unpaired) electrons. The lowest BCUT2D eigenvalue weighted by Crippen LogP contribution is -2.20. The molecule has 2 aromatic rings. The number of para-hydroxylation sites is 1. The van der Waals surface area contributed by atoms with Gasteiger partial charge in [0.25, 0.3) is 0 Å². The van der Waals surface area contributed by atoms with Gasteiger partial charge in [0.2, 0.25) is 0 Å². The fourth-order valence-electron chi connectivity index (χ4n) is 2.00. The van der Waals surface area contributed by atoms with Crippen molar-refractivity contribution in [3.05, 3.63) is 59.9 Å². The molecule has 3 rings (SSSR count). The number of nitrogens with zero attached hydrogens (tertiary/aromatic N) is 2. The fraction of sp³-hybridized carbons (Fsp3) is 0.200. The molecule has 1 N–H and O–H groups in total. The minimum absolute atomic E-state index is 0.463. The molecule has 1 aromatic heterocycles. The van der Waals surface area contributed by atoms with E-state index in [4.69, 9.17) is 4.74 Å². The average Bonchev–Trinajstić information content (AvgIpc) is 3.01. The van der Waals surface area contributed by atoms with Crippen LogP contribution in [-0.2, 0) is 6.61 Å². The van der Waals surface area contributed by atoms with Crippen molar-refractivity contribution in [2.75, 3.05) is 13.1 Å². The molecule has 2 heterocycles. The molecule has 0 unspecified atom stereocenters. The average molecular weight is 253 g/mol. The van der Waals surface area contributed by atoms with Crippen LogP contribution in [0.3, 0.4) is 0 Å². The highest BCUT2D eigenvalue weighted by atomic mass is 16.5. The number of aromatic nitrogens is 1. The summed E-state index contributed by atoms with van der Waals surface area (Å²) >= 11 is 0. The van der Waals surface area contributed by atoms with Gasteiger partial charge in [-0.15, -0.1) is 0 Å². The topological polar surface area (TPSA) is 46.5 Å². The van der Waals surface area contributed by atoms with E-state index in [1.807, 2.05) is 42.5 Å². The van der Waals surface area contributed by atoms with Crippen LogP contribution in [-0.4, -0.2) is 23.9 Å². The first-order valence-corrected chi connectivity index (χ1v) is 6.34. The predicted molar refractivity (Wildman–Crippen MR) is 74.4 cm³/mol. The summed E-state index contributed by atoms with van der Waals surface area (Å²) in [7, 11) is 0. The molecule has 0 amide bonds. The van der Waals surface area contributed by atoms with Crippen molar-refractivity contribution >= 4 is 5.84 Å². The molecule has 0 aliphatic carbocycles. The molecule has 1 aliphatic rings. The lowest BCUT2D eigenvalue weighted by molar-refractivity contribution is 0.300. The Balaban J connectivity index is 1.77. The summed E-state index contributed by atoms with van der Waals surface area (Å²) in [6.07, 6.45) is 1.77. The molecule has 96 valence electrons. The van der Waals surface area contributed by atoms with Gasteiger partial charge in [0, 0.05) is 12.7 Å². The number of pyridine rings is 1. The van der Waals surface area contributed by atoms with E-state index in [0.29, 0.717) is 6.61 Å². The molecule has 0 fully saturated rings. The maximum absolute atomic E-state index is 5.85. The summed E-state index contributed by atoms with van der Waals surface area (Å²) in [5.41, 5.74) is 1.93. The fourth-order valence-corrected chi connectivity index (χ4v) is 2.00. The molecule has 0 saturated heterocycles. The molecular formula is C15H15N3O. The van der Waals surface area contributed by atoms with E-state index in [-0.39, 0.29) is 0 Å². The van der Waals surface area contributed by atoms with Gasteiger partial charge in [-0.1, -0.05) is 18.2 Å². The van der Waals surface area contributed by atoms with Gasteiger partial charge >= 0.3 is 0 Å². The van der Waals surface area contributed by atoms with Crippen molar-refractivity contribution in [2.45, 2.75) is 6.61 Å². The molecule has 1 aromatic carbocycles. The number of hydrogen-bond acceptors (Lipinski definition) is 4. The van der Waals surface area contributed by atoms with E-state index < -0.39 is 0 Å². The summed E-state index contributed by atoms with van der Waals surface area (Å²) in [6.45, 7) is 2.18. The predicted octanol–water partition coefficient (Wildman–Crippen LogP) is 2.01. The van der Waals surface area contributed by atoms with Gasteiger partial charge in [-0.25, -0.2) is 0 Å². The highest BCUT2D eigenvalue weighted by molar-refractivity contribution is 6.02. The van der Waals surface area contributed by atoms with Crippen molar-refractivity contribution in [2.24, 2.45) is 4.99 Å². The van der Waals surface area contributed by atoms with E-state index in [9.17, 15) is 0 Å².